The van der Waals surface area contributed by atoms with Crippen molar-refractivity contribution in [1.82, 2.24) is 14.6 Å². The van der Waals surface area contributed by atoms with Crippen molar-refractivity contribution in [3.8, 4) is 11.3 Å². The van der Waals surface area contributed by atoms with E-state index >= 15 is 0 Å². The van der Waals surface area contributed by atoms with E-state index in [9.17, 15) is 0 Å². The zero-order chi connectivity index (χ0) is 14.4. The van der Waals surface area contributed by atoms with Crippen LogP contribution in [0.4, 0.5) is 0 Å². The van der Waals surface area contributed by atoms with E-state index < -0.39 is 0 Å². The fourth-order valence-electron chi connectivity index (χ4n) is 2.65. The van der Waals surface area contributed by atoms with Gasteiger partial charge in [0.15, 0.2) is 0 Å². The average molecular weight is 320 g/mol. The first-order chi connectivity index (χ1) is 10.2. The number of hydrogen-bond acceptors (Lipinski definition) is 4. The van der Waals surface area contributed by atoms with Crippen LogP contribution < -0.4 is 0 Å². The van der Waals surface area contributed by atoms with Crippen molar-refractivity contribution in [1.29, 1.82) is 0 Å². The number of aromatic nitrogens is 3. The Balaban J connectivity index is 1.76. The fraction of sp³-hybridized carbons (Fsp3) is 0.333. The minimum Gasteiger partial charge on any atom is -0.371 e. The highest BCUT2D eigenvalue weighted by atomic mass is 35.5. The van der Waals surface area contributed by atoms with Gasteiger partial charge in [0.05, 0.1) is 11.4 Å². The van der Waals surface area contributed by atoms with Gasteiger partial charge >= 0.3 is 0 Å². The molecule has 3 aromatic rings. The lowest BCUT2D eigenvalue weighted by Gasteiger charge is -2.03. The molecule has 0 aliphatic carbocycles. The number of ether oxygens (including phenoxy) is 1. The molecule has 0 saturated carbocycles. The van der Waals surface area contributed by atoms with Crippen molar-refractivity contribution in [2.45, 2.75) is 25.9 Å². The summed E-state index contributed by atoms with van der Waals surface area (Å²) in [7, 11) is 0. The van der Waals surface area contributed by atoms with Crippen LogP contribution in [0.2, 0.25) is 5.02 Å². The molecule has 0 amide bonds. The first-order valence-electron chi connectivity index (χ1n) is 6.96. The number of benzene rings is 1. The summed E-state index contributed by atoms with van der Waals surface area (Å²) in [5.41, 5.74) is 3.07. The predicted octanol–water partition coefficient (Wildman–Crippen LogP) is 4.27. The number of hydrogen-bond donors (Lipinski definition) is 0. The molecule has 108 valence electrons. The number of nitrogens with zero attached hydrogens (tertiary/aromatic N) is 3. The predicted molar refractivity (Wildman–Crippen MR) is 84.0 cm³/mol. The topological polar surface area (TPSA) is 39.4 Å². The number of halogens is 1. The van der Waals surface area contributed by atoms with E-state index in [4.69, 9.17) is 21.3 Å². The third-order valence-corrected chi connectivity index (χ3v) is 5.02. The Kier molecular flexibility index (Phi) is 3.21. The molecule has 0 radical (unpaired) electrons. The third kappa shape index (κ3) is 2.25. The van der Waals surface area contributed by atoms with Crippen LogP contribution in [0, 0.1) is 6.92 Å². The summed E-state index contributed by atoms with van der Waals surface area (Å²) in [6.45, 7) is 2.88. The van der Waals surface area contributed by atoms with Crippen molar-refractivity contribution < 1.29 is 4.74 Å². The molecule has 0 spiro atoms. The Bertz CT molecular complexity index is 787. The van der Waals surface area contributed by atoms with Crippen LogP contribution in [-0.2, 0) is 4.74 Å². The minimum atomic E-state index is 0.148. The summed E-state index contributed by atoms with van der Waals surface area (Å²) >= 11 is 7.56. The first-order valence-corrected chi connectivity index (χ1v) is 8.15. The molecule has 1 atom stereocenters. The molecule has 1 aromatic carbocycles. The molecule has 1 aliphatic heterocycles. The van der Waals surface area contributed by atoms with E-state index in [-0.39, 0.29) is 6.10 Å². The summed E-state index contributed by atoms with van der Waals surface area (Å²) in [6.07, 6.45) is 2.32. The molecule has 0 bridgehead atoms. The van der Waals surface area contributed by atoms with Gasteiger partial charge in [-0.25, -0.2) is 9.50 Å². The van der Waals surface area contributed by atoms with Crippen molar-refractivity contribution in [2.75, 3.05) is 6.61 Å². The smallest absolute Gasteiger partial charge is 0.213 e. The molecule has 3 heterocycles. The van der Waals surface area contributed by atoms with Gasteiger partial charge in [-0.3, -0.25) is 0 Å². The second-order valence-electron chi connectivity index (χ2n) is 5.19. The second kappa shape index (κ2) is 5.09. The Hall–Kier alpha value is -1.43. The van der Waals surface area contributed by atoms with Gasteiger partial charge in [-0.05, 0) is 31.9 Å². The maximum absolute atomic E-state index is 5.94. The van der Waals surface area contributed by atoms with Crippen LogP contribution in [-0.4, -0.2) is 21.2 Å². The molecule has 0 N–H and O–H groups in total. The van der Waals surface area contributed by atoms with Crippen LogP contribution in [0.3, 0.4) is 0 Å². The van der Waals surface area contributed by atoms with Gasteiger partial charge in [0.1, 0.15) is 11.1 Å². The molecule has 1 aliphatic rings. The molecular formula is C15H14ClN3OS. The highest BCUT2D eigenvalue weighted by molar-refractivity contribution is 7.16. The van der Waals surface area contributed by atoms with Crippen molar-refractivity contribution in [2.24, 2.45) is 0 Å². The first kappa shape index (κ1) is 13.2. The number of rotatable bonds is 2. The molecule has 21 heavy (non-hydrogen) atoms. The summed E-state index contributed by atoms with van der Waals surface area (Å²) < 4.78 is 7.62. The quantitative estimate of drug-likeness (QED) is 0.708. The standard InChI is InChI=1S/C15H14ClN3OS/c1-9-13(10-4-6-11(16)7-5-10)17-15-19(9)18-14(21-15)12-3-2-8-20-12/h4-7,12H,2-3,8H2,1H3. The van der Waals surface area contributed by atoms with Crippen LogP contribution >= 0.6 is 22.9 Å². The number of aryl methyl sites for hydroxylation is 1. The molecular weight excluding hydrogens is 306 g/mol. The van der Waals surface area contributed by atoms with E-state index in [0.717, 1.165) is 51.4 Å². The number of fused-ring (bicyclic) bond motifs is 1. The highest BCUT2D eigenvalue weighted by Crippen LogP contribution is 2.33. The van der Waals surface area contributed by atoms with E-state index in [0.29, 0.717) is 0 Å². The van der Waals surface area contributed by atoms with Gasteiger partial charge in [0, 0.05) is 17.2 Å². The van der Waals surface area contributed by atoms with Gasteiger partial charge in [-0.2, -0.15) is 5.10 Å². The lowest BCUT2D eigenvalue weighted by atomic mass is 10.1. The normalized spacial score (nSPS) is 18.7. The van der Waals surface area contributed by atoms with Crippen LogP contribution in [0.15, 0.2) is 24.3 Å². The molecule has 4 nitrogen and oxygen atoms in total. The molecule has 2 aromatic heterocycles. The maximum atomic E-state index is 5.94. The van der Waals surface area contributed by atoms with Gasteiger partial charge in [0.2, 0.25) is 4.96 Å². The number of imidazole rings is 1. The Morgan fingerprint density at radius 3 is 2.81 bits per heavy atom. The molecule has 1 saturated heterocycles. The van der Waals surface area contributed by atoms with Crippen molar-refractivity contribution in [3.63, 3.8) is 0 Å². The van der Waals surface area contributed by atoms with Crippen molar-refractivity contribution in [3.05, 3.63) is 40.0 Å². The van der Waals surface area contributed by atoms with Gasteiger partial charge in [0.25, 0.3) is 0 Å². The Labute approximate surface area is 131 Å². The fourth-order valence-corrected chi connectivity index (χ4v) is 3.80. The van der Waals surface area contributed by atoms with Crippen molar-refractivity contribution >= 4 is 27.9 Å². The third-order valence-electron chi connectivity index (χ3n) is 3.77. The van der Waals surface area contributed by atoms with E-state index in [1.54, 1.807) is 11.3 Å². The van der Waals surface area contributed by atoms with Crippen LogP contribution in [0.25, 0.3) is 16.2 Å². The van der Waals surface area contributed by atoms with E-state index in [1.165, 1.54) is 0 Å². The van der Waals surface area contributed by atoms with Gasteiger partial charge < -0.3 is 4.74 Å². The van der Waals surface area contributed by atoms with Gasteiger partial charge in [-0.1, -0.05) is 35.1 Å². The lowest BCUT2D eigenvalue weighted by Crippen LogP contribution is -1.97. The molecule has 4 rings (SSSR count). The van der Waals surface area contributed by atoms with Crippen LogP contribution in [0.5, 0.6) is 0 Å². The lowest BCUT2D eigenvalue weighted by molar-refractivity contribution is 0.111. The van der Waals surface area contributed by atoms with Gasteiger partial charge in [-0.15, -0.1) is 0 Å². The summed E-state index contributed by atoms with van der Waals surface area (Å²) in [4.78, 5) is 5.64. The zero-order valence-electron chi connectivity index (χ0n) is 11.5. The molecule has 1 unspecified atom stereocenters. The highest BCUT2D eigenvalue weighted by Gasteiger charge is 2.23. The summed E-state index contributed by atoms with van der Waals surface area (Å²) in [5, 5.41) is 6.44. The molecule has 6 heteroatoms. The maximum Gasteiger partial charge on any atom is 0.213 e. The second-order valence-corrected chi connectivity index (χ2v) is 6.61. The Morgan fingerprint density at radius 2 is 2.14 bits per heavy atom. The molecule has 1 fully saturated rings. The summed E-state index contributed by atoms with van der Waals surface area (Å²) in [6, 6.07) is 7.75. The van der Waals surface area contributed by atoms with E-state index in [1.807, 2.05) is 35.7 Å². The summed E-state index contributed by atoms with van der Waals surface area (Å²) in [5.74, 6) is 0. The average Bonchev–Trinajstić information content (AvgIpc) is 3.18. The monoisotopic (exact) mass is 319 g/mol. The largest absolute Gasteiger partial charge is 0.371 e. The van der Waals surface area contributed by atoms with Crippen LogP contribution in [0.1, 0.15) is 29.6 Å². The zero-order valence-corrected chi connectivity index (χ0v) is 13.1. The SMILES string of the molecule is Cc1c(-c2ccc(Cl)cc2)nc2sc(C3CCCO3)nn12. The Morgan fingerprint density at radius 1 is 1.33 bits per heavy atom. The minimum absolute atomic E-state index is 0.148. The van der Waals surface area contributed by atoms with E-state index in [2.05, 4.69) is 5.10 Å².